The highest BCUT2D eigenvalue weighted by Gasteiger charge is 2.17. The van der Waals surface area contributed by atoms with Crippen molar-refractivity contribution in [1.29, 1.82) is 0 Å². The van der Waals surface area contributed by atoms with E-state index in [1.165, 1.54) is 0 Å². The molecule has 0 amide bonds. The Balaban J connectivity index is 2.19. The highest BCUT2D eigenvalue weighted by Crippen LogP contribution is 2.23. The van der Waals surface area contributed by atoms with Gasteiger partial charge in [-0.3, -0.25) is 0 Å². The second-order valence-electron chi connectivity index (χ2n) is 5.71. The number of anilines is 2. The summed E-state index contributed by atoms with van der Waals surface area (Å²) in [6.07, 6.45) is 0. The maximum Gasteiger partial charge on any atom is 0.149 e. The van der Waals surface area contributed by atoms with Gasteiger partial charge in [0.05, 0.1) is 0 Å². The third-order valence-electron chi connectivity index (χ3n) is 3.68. The monoisotopic (exact) mass is 278 g/mol. The lowest BCUT2D eigenvalue weighted by Crippen LogP contribution is -2.47. The lowest BCUT2D eigenvalue weighted by Gasteiger charge is -2.33. The maximum absolute atomic E-state index is 4.68. The molecule has 2 heterocycles. The molecule has 2 N–H and O–H groups in total. The van der Waals surface area contributed by atoms with Gasteiger partial charge in [0, 0.05) is 44.7 Å². The SMILES string of the molecule is CNc1nc(C(C)C)nc(NN2CCN(C)CC2)c1C. The minimum atomic E-state index is 0.315. The number of rotatable bonds is 4. The maximum atomic E-state index is 4.68. The molecule has 1 aromatic heterocycles. The lowest BCUT2D eigenvalue weighted by atomic mass is 10.2. The van der Waals surface area contributed by atoms with Crippen molar-refractivity contribution in [3.63, 3.8) is 0 Å². The number of hydrogen-bond acceptors (Lipinski definition) is 6. The summed E-state index contributed by atoms with van der Waals surface area (Å²) < 4.78 is 0. The first-order valence-electron chi connectivity index (χ1n) is 7.27. The molecule has 0 aliphatic carbocycles. The number of nitrogens with one attached hydrogen (secondary N) is 2. The summed E-state index contributed by atoms with van der Waals surface area (Å²) >= 11 is 0. The van der Waals surface area contributed by atoms with E-state index in [0.29, 0.717) is 5.92 Å². The molecule has 112 valence electrons. The predicted octanol–water partition coefficient (Wildman–Crippen LogP) is 1.52. The van der Waals surface area contributed by atoms with Crippen LogP contribution >= 0.6 is 0 Å². The van der Waals surface area contributed by atoms with Gasteiger partial charge < -0.3 is 15.6 Å². The van der Waals surface area contributed by atoms with Crippen LogP contribution in [0.2, 0.25) is 0 Å². The Hall–Kier alpha value is -1.40. The Morgan fingerprint density at radius 1 is 1.05 bits per heavy atom. The largest absolute Gasteiger partial charge is 0.373 e. The van der Waals surface area contributed by atoms with Crippen LogP contribution in [0.1, 0.15) is 31.2 Å². The van der Waals surface area contributed by atoms with E-state index in [2.05, 4.69) is 51.5 Å². The zero-order valence-corrected chi connectivity index (χ0v) is 13.2. The molecular formula is C14H26N6. The molecule has 0 aromatic carbocycles. The summed E-state index contributed by atoms with van der Waals surface area (Å²) in [5.74, 6) is 3.00. The van der Waals surface area contributed by atoms with Crippen LogP contribution in [0.4, 0.5) is 11.6 Å². The zero-order valence-electron chi connectivity index (χ0n) is 13.2. The molecule has 20 heavy (non-hydrogen) atoms. The van der Waals surface area contributed by atoms with E-state index in [1.54, 1.807) is 0 Å². The van der Waals surface area contributed by atoms with E-state index < -0.39 is 0 Å². The smallest absolute Gasteiger partial charge is 0.149 e. The van der Waals surface area contributed by atoms with Gasteiger partial charge in [-0.05, 0) is 14.0 Å². The Morgan fingerprint density at radius 2 is 1.65 bits per heavy atom. The summed E-state index contributed by atoms with van der Waals surface area (Å²) in [6.45, 7) is 10.4. The Labute approximate surface area is 121 Å². The number of nitrogens with zero attached hydrogens (tertiary/aromatic N) is 4. The van der Waals surface area contributed by atoms with E-state index in [9.17, 15) is 0 Å². The highest BCUT2D eigenvalue weighted by atomic mass is 15.5. The first-order valence-corrected chi connectivity index (χ1v) is 7.27. The second kappa shape index (κ2) is 6.37. The molecule has 6 heteroatoms. The van der Waals surface area contributed by atoms with Crippen LogP contribution in [0.3, 0.4) is 0 Å². The molecule has 1 aliphatic rings. The van der Waals surface area contributed by atoms with Crippen molar-refractivity contribution >= 4 is 11.6 Å². The molecule has 1 fully saturated rings. The summed E-state index contributed by atoms with van der Waals surface area (Å²) in [4.78, 5) is 11.6. The fraction of sp³-hybridized carbons (Fsp3) is 0.714. The van der Waals surface area contributed by atoms with Gasteiger partial charge >= 0.3 is 0 Å². The molecule has 0 unspecified atom stereocenters. The normalized spacial score (nSPS) is 17.5. The second-order valence-corrected chi connectivity index (χ2v) is 5.71. The molecular weight excluding hydrogens is 252 g/mol. The topological polar surface area (TPSA) is 56.3 Å². The van der Waals surface area contributed by atoms with Gasteiger partial charge in [0.1, 0.15) is 17.5 Å². The molecule has 0 bridgehead atoms. The minimum absolute atomic E-state index is 0.315. The van der Waals surface area contributed by atoms with Crippen molar-refractivity contribution in [3.05, 3.63) is 11.4 Å². The average Bonchev–Trinajstić information content (AvgIpc) is 2.43. The van der Waals surface area contributed by atoms with E-state index in [1.807, 2.05) is 14.0 Å². The molecule has 0 radical (unpaired) electrons. The average molecular weight is 278 g/mol. The fourth-order valence-electron chi connectivity index (χ4n) is 2.21. The van der Waals surface area contributed by atoms with Gasteiger partial charge in [-0.1, -0.05) is 13.8 Å². The van der Waals surface area contributed by atoms with Crippen LogP contribution < -0.4 is 10.7 Å². The van der Waals surface area contributed by atoms with E-state index in [-0.39, 0.29) is 0 Å². The quantitative estimate of drug-likeness (QED) is 0.871. The first kappa shape index (κ1) is 15.0. The number of likely N-dealkylation sites (N-methyl/N-ethyl adjacent to an activating group) is 1. The van der Waals surface area contributed by atoms with Gasteiger partial charge in [0.25, 0.3) is 0 Å². The van der Waals surface area contributed by atoms with Gasteiger partial charge in [0.15, 0.2) is 0 Å². The van der Waals surface area contributed by atoms with Gasteiger partial charge in [-0.2, -0.15) is 0 Å². The van der Waals surface area contributed by atoms with E-state index in [4.69, 9.17) is 0 Å². The molecule has 0 saturated carbocycles. The van der Waals surface area contributed by atoms with E-state index >= 15 is 0 Å². The van der Waals surface area contributed by atoms with Crippen LogP contribution in [0.25, 0.3) is 0 Å². The molecule has 1 aromatic rings. The third kappa shape index (κ3) is 3.37. The predicted molar refractivity (Wildman–Crippen MR) is 83.1 cm³/mol. The Bertz CT molecular complexity index is 451. The van der Waals surface area contributed by atoms with Crippen molar-refractivity contribution in [2.75, 3.05) is 51.0 Å². The molecule has 1 aliphatic heterocycles. The van der Waals surface area contributed by atoms with Crippen molar-refractivity contribution < 1.29 is 0 Å². The molecule has 0 atom stereocenters. The van der Waals surface area contributed by atoms with Crippen molar-refractivity contribution in [3.8, 4) is 0 Å². The molecule has 1 saturated heterocycles. The first-order chi connectivity index (χ1) is 9.51. The van der Waals surface area contributed by atoms with Crippen LogP contribution in [-0.4, -0.2) is 60.2 Å². The van der Waals surface area contributed by atoms with Crippen molar-refractivity contribution in [2.45, 2.75) is 26.7 Å². The van der Waals surface area contributed by atoms with Gasteiger partial charge in [-0.25, -0.2) is 15.0 Å². The Kier molecular flexibility index (Phi) is 4.77. The lowest BCUT2D eigenvalue weighted by molar-refractivity contribution is 0.178. The van der Waals surface area contributed by atoms with E-state index in [0.717, 1.165) is 49.2 Å². The minimum Gasteiger partial charge on any atom is -0.373 e. The highest BCUT2D eigenvalue weighted by molar-refractivity contribution is 5.56. The van der Waals surface area contributed by atoms with Gasteiger partial charge in [0.2, 0.25) is 0 Å². The molecule has 0 spiro atoms. The third-order valence-corrected chi connectivity index (χ3v) is 3.68. The summed E-state index contributed by atoms with van der Waals surface area (Å²) in [5.41, 5.74) is 4.52. The van der Waals surface area contributed by atoms with Crippen molar-refractivity contribution in [1.82, 2.24) is 19.9 Å². The fourth-order valence-corrected chi connectivity index (χ4v) is 2.21. The van der Waals surface area contributed by atoms with Crippen molar-refractivity contribution in [2.24, 2.45) is 0 Å². The standard InChI is InChI=1S/C14H26N6/c1-10(2)12-16-13(15-4)11(3)14(17-12)18-20-8-6-19(5)7-9-20/h10H,6-9H2,1-5H3,(H2,15,16,17,18). The van der Waals surface area contributed by atoms with Crippen LogP contribution in [-0.2, 0) is 0 Å². The molecule has 6 nitrogen and oxygen atoms in total. The summed E-state index contributed by atoms with van der Waals surface area (Å²) in [7, 11) is 4.06. The number of hydrazine groups is 1. The summed E-state index contributed by atoms with van der Waals surface area (Å²) in [5, 5.41) is 5.39. The Morgan fingerprint density at radius 3 is 2.20 bits per heavy atom. The van der Waals surface area contributed by atoms with Crippen LogP contribution in [0, 0.1) is 6.92 Å². The number of aromatic nitrogens is 2. The number of hydrogen-bond donors (Lipinski definition) is 2. The number of piperazine rings is 1. The van der Waals surface area contributed by atoms with Crippen LogP contribution in [0.15, 0.2) is 0 Å². The van der Waals surface area contributed by atoms with Crippen LogP contribution in [0.5, 0.6) is 0 Å². The zero-order chi connectivity index (χ0) is 14.7. The molecule has 2 rings (SSSR count). The van der Waals surface area contributed by atoms with Gasteiger partial charge in [-0.15, -0.1) is 0 Å². The summed E-state index contributed by atoms with van der Waals surface area (Å²) in [6, 6.07) is 0.